The van der Waals surface area contributed by atoms with Gasteiger partial charge in [-0.1, -0.05) is 44.2 Å². The fourth-order valence-corrected chi connectivity index (χ4v) is 1.33. The van der Waals surface area contributed by atoms with E-state index >= 15 is 0 Å². The number of hydrogen-bond donors (Lipinski definition) is 0. The van der Waals surface area contributed by atoms with Gasteiger partial charge in [0.2, 0.25) is 0 Å². The number of benzene rings is 1. The van der Waals surface area contributed by atoms with E-state index < -0.39 is 5.41 Å². The van der Waals surface area contributed by atoms with Gasteiger partial charge in [-0.25, -0.2) is 0 Å². The SMILES string of the molecule is CC.CC(C)OC(=O)C(C)(C)c1ccccc1. The van der Waals surface area contributed by atoms with Crippen LogP contribution >= 0.6 is 0 Å². The lowest BCUT2D eigenvalue weighted by Crippen LogP contribution is -2.32. The summed E-state index contributed by atoms with van der Waals surface area (Å²) in [6, 6.07) is 9.69. The molecular weight excluding hydrogens is 212 g/mol. The first-order valence-corrected chi connectivity index (χ1v) is 6.21. The second-order valence-corrected chi connectivity index (χ2v) is 4.45. The van der Waals surface area contributed by atoms with E-state index in [0.717, 1.165) is 5.56 Å². The van der Waals surface area contributed by atoms with Crippen LogP contribution in [0, 0.1) is 0 Å². The fourth-order valence-electron chi connectivity index (χ4n) is 1.33. The molecule has 0 spiro atoms. The molecule has 0 aromatic heterocycles. The summed E-state index contributed by atoms with van der Waals surface area (Å²) in [6.07, 6.45) is -0.0690. The molecule has 0 bridgehead atoms. The minimum atomic E-state index is -0.578. The summed E-state index contributed by atoms with van der Waals surface area (Å²) >= 11 is 0. The number of carbonyl (C=O) groups is 1. The van der Waals surface area contributed by atoms with Crippen LogP contribution in [0.3, 0.4) is 0 Å². The highest BCUT2D eigenvalue weighted by Gasteiger charge is 2.31. The number of rotatable bonds is 3. The number of hydrogen-bond acceptors (Lipinski definition) is 2. The molecule has 0 fully saturated rings. The molecule has 2 heteroatoms. The molecule has 0 amide bonds. The van der Waals surface area contributed by atoms with Crippen LogP contribution in [0.15, 0.2) is 30.3 Å². The van der Waals surface area contributed by atoms with Crippen LogP contribution < -0.4 is 0 Å². The Hall–Kier alpha value is -1.31. The van der Waals surface area contributed by atoms with Crippen molar-refractivity contribution in [3.05, 3.63) is 35.9 Å². The molecule has 0 radical (unpaired) electrons. The van der Waals surface area contributed by atoms with Gasteiger partial charge in [0.25, 0.3) is 0 Å². The van der Waals surface area contributed by atoms with E-state index in [9.17, 15) is 4.79 Å². The van der Waals surface area contributed by atoms with Crippen LogP contribution in [0.1, 0.15) is 47.1 Å². The minimum Gasteiger partial charge on any atom is -0.462 e. The monoisotopic (exact) mass is 236 g/mol. The lowest BCUT2D eigenvalue weighted by atomic mass is 9.85. The molecule has 1 aromatic rings. The van der Waals surface area contributed by atoms with Gasteiger partial charge in [0.1, 0.15) is 0 Å². The van der Waals surface area contributed by atoms with Gasteiger partial charge in [-0.15, -0.1) is 0 Å². The lowest BCUT2D eigenvalue weighted by Gasteiger charge is -2.24. The van der Waals surface area contributed by atoms with E-state index in [0.29, 0.717) is 0 Å². The van der Waals surface area contributed by atoms with E-state index in [4.69, 9.17) is 4.74 Å². The van der Waals surface area contributed by atoms with Gasteiger partial charge in [-0.05, 0) is 33.3 Å². The summed E-state index contributed by atoms with van der Waals surface area (Å²) < 4.78 is 5.23. The molecule has 0 saturated heterocycles. The van der Waals surface area contributed by atoms with Crippen molar-refractivity contribution < 1.29 is 9.53 Å². The van der Waals surface area contributed by atoms with Crippen molar-refractivity contribution in [3.63, 3.8) is 0 Å². The van der Waals surface area contributed by atoms with Crippen molar-refractivity contribution in [1.82, 2.24) is 0 Å². The number of esters is 1. The van der Waals surface area contributed by atoms with Crippen molar-refractivity contribution in [2.75, 3.05) is 0 Å². The maximum Gasteiger partial charge on any atom is 0.316 e. The van der Waals surface area contributed by atoms with E-state index in [1.165, 1.54) is 0 Å². The standard InChI is InChI=1S/C13H18O2.C2H6/c1-10(2)15-12(14)13(3,4)11-8-6-5-7-9-11;1-2/h5-10H,1-4H3;1-2H3. The highest BCUT2D eigenvalue weighted by Crippen LogP contribution is 2.24. The van der Waals surface area contributed by atoms with Crippen LogP contribution in [0.4, 0.5) is 0 Å². The smallest absolute Gasteiger partial charge is 0.316 e. The molecule has 96 valence electrons. The Morgan fingerprint density at radius 1 is 1.12 bits per heavy atom. The molecule has 2 nitrogen and oxygen atoms in total. The zero-order valence-electron chi connectivity index (χ0n) is 11.8. The molecule has 1 aromatic carbocycles. The summed E-state index contributed by atoms with van der Waals surface area (Å²) in [5, 5.41) is 0. The molecule has 0 N–H and O–H groups in total. The van der Waals surface area contributed by atoms with E-state index in [-0.39, 0.29) is 12.1 Å². The van der Waals surface area contributed by atoms with Crippen molar-refractivity contribution in [2.45, 2.75) is 53.1 Å². The Morgan fingerprint density at radius 3 is 2.00 bits per heavy atom. The van der Waals surface area contributed by atoms with Crippen LogP contribution in [0.25, 0.3) is 0 Å². The summed E-state index contributed by atoms with van der Waals surface area (Å²) in [5.41, 5.74) is 0.404. The predicted molar refractivity (Wildman–Crippen MR) is 72.0 cm³/mol. The molecule has 1 rings (SSSR count). The maximum absolute atomic E-state index is 11.9. The van der Waals surface area contributed by atoms with E-state index in [2.05, 4.69) is 0 Å². The average molecular weight is 236 g/mol. The lowest BCUT2D eigenvalue weighted by molar-refractivity contribution is -0.153. The normalized spacial score (nSPS) is 10.5. The first kappa shape index (κ1) is 15.7. The van der Waals surface area contributed by atoms with Gasteiger partial charge >= 0.3 is 5.97 Å². The fraction of sp³-hybridized carbons (Fsp3) is 0.533. The van der Waals surface area contributed by atoms with Gasteiger partial charge in [-0.3, -0.25) is 4.79 Å². The highest BCUT2D eigenvalue weighted by atomic mass is 16.5. The van der Waals surface area contributed by atoms with Gasteiger partial charge in [-0.2, -0.15) is 0 Å². The Labute approximate surface area is 105 Å². The van der Waals surface area contributed by atoms with E-state index in [1.807, 2.05) is 71.9 Å². The molecule has 0 heterocycles. The van der Waals surface area contributed by atoms with Crippen molar-refractivity contribution in [2.24, 2.45) is 0 Å². The molecule has 0 aliphatic rings. The van der Waals surface area contributed by atoms with Crippen molar-refractivity contribution in [1.29, 1.82) is 0 Å². The molecule has 0 aliphatic heterocycles. The summed E-state index contributed by atoms with van der Waals surface area (Å²) in [4.78, 5) is 11.9. The Kier molecular flexibility index (Phi) is 6.55. The van der Waals surface area contributed by atoms with Crippen LogP contribution in [-0.2, 0) is 14.9 Å². The second-order valence-electron chi connectivity index (χ2n) is 4.45. The molecule has 0 aliphatic carbocycles. The first-order valence-electron chi connectivity index (χ1n) is 6.21. The zero-order valence-corrected chi connectivity index (χ0v) is 11.8. The van der Waals surface area contributed by atoms with Crippen LogP contribution in [-0.4, -0.2) is 12.1 Å². The third kappa shape index (κ3) is 4.59. The van der Waals surface area contributed by atoms with E-state index in [1.54, 1.807) is 0 Å². The number of carbonyl (C=O) groups excluding carboxylic acids is 1. The van der Waals surface area contributed by atoms with Gasteiger partial charge in [0.15, 0.2) is 0 Å². The highest BCUT2D eigenvalue weighted by molar-refractivity contribution is 5.82. The molecular formula is C15H24O2. The third-order valence-electron chi connectivity index (χ3n) is 2.35. The Balaban J connectivity index is 0.00000121. The molecule has 0 unspecified atom stereocenters. The van der Waals surface area contributed by atoms with Crippen molar-refractivity contribution >= 4 is 5.97 Å². The zero-order chi connectivity index (χ0) is 13.5. The summed E-state index contributed by atoms with van der Waals surface area (Å²) in [7, 11) is 0. The quantitative estimate of drug-likeness (QED) is 0.743. The topological polar surface area (TPSA) is 26.3 Å². The van der Waals surface area contributed by atoms with Crippen LogP contribution in [0.5, 0.6) is 0 Å². The average Bonchev–Trinajstić information content (AvgIpc) is 2.32. The predicted octanol–water partition coefficient (Wildman–Crippen LogP) is 3.94. The van der Waals surface area contributed by atoms with Crippen molar-refractivity contribution in [3.8, 4) is 0 Å². The van der Waals surface area contributed by atoms with Gasteiger partial charge in [0.05, 0.1) is 11.5 Å². The molecule has 0 atom stereocenters. The number of ether oxygens (including phenoxy) is 1. The van der Waals surface area contributed by atoms with Crippen LogP contribution in [0.2, 0.25) is 0 Å². The maximum atomic E-state index is 11.9. The first-order chi connectivity index (χ1) is 7.94. The largest absolute Gasteiger partial charge is 0.462 e. The molecule has 17 heavy (non-hydrogen) atoms. The summed E-state index contributed by atoms with van der Waals surface area (Å²) in [6.45, 7) is 11.5. The third-order valence-corrected chi connectivity index (χ3v) is 2.35. The minimum absolute atomic E-state index is 0.0690. The van der Waals surface area contributed by atoms with Gasteiger partial charge < -0.3 is 4.74 Å². The van der Waals surface area contributed by atoms with Gasteiger partial charge in [0, 0.05) is 0 Å². The summed E-state index contributed by atoms with van der Waals surface area (Å²) in [5.74, 6) is -0.177. The Morgan fingerprint density at radius 2 is 1.59 bits per heavy atom. The second kappa shape index (κ2) is 7.10. The molecule has 0 saturated carbocycles. The Bertz CT molecular complexity index is 326.